The Kier molecular flexibility index (Phi) is 9.22. The normalized spacial score (nSPS) is 26.6. The lowest BCUT2D eigenvalue weighted by atomic mass is 9.98. The molecule has 1 aliphatic carbocycles. The van der Waals surface area contributed by atoms with Crippen LogP contribution in [-0.2, 0) is 11.3 Å². The predicted octanol–water partition coefficient (Wildman–Crippen LogP) is 3.08. The van der Waals surface area contributed by atoms with Gasteiger partial charge < -0.3 is 10.6 Å². The summed E-state index contributed by atoms with van der Waals surface area (Å²) in [6.07, 6.45) is 4.03. The monoisotopic (exact) mass is 387 g/mol. The van der Waals surface area contributed by atoms with Crippen molar-refractivity contribution >= 4 is 30.7 Å². The van der Waals surface area contributed by atoms with Crippen LogP contribution in [-0.4, -0.2) is 47.4 Å². The fraction of sp³-hybridized carbons (Fsp3) is 0.632. The topological polar surface area (TPSA) is 49.6 Å². The molecule has 4 nitrogen and oxygen atoms in total. The molecule has 1 saturated heterocycles. The lowest BCUT2D eigenvalue weighted by molar-refractivity contribution is -0.136. The van der Waals surface area contributed by atoms with E-state index in [0.29, 0.717) is 18.2 Å². The molecule has 0 bridgehead atoms. The number of nitrogens with zero attached hydrogens (tertiary/aromatic N) is 2. The van der Waals surface area contributed by atoms with E-state index in [1.54, 1.807) is 0 Å². The summed E-state index contributed by atoms with van der Waals surface area (Å²) in [6.45, 7) is 5.90. The minimum absolute atomic E-state index is 0. The first-order chi connectivity index (χ1) is 11.1. The molecule has 0 spiro atoms. The Labute approximate surface area is 163 Å². The van der Waals surface area contributed by atoms with E-state index < -0.39 is 0 Å². The zero-order valence-electron chi connectivity index (χ0n) is 15.0. The van der Waals surface area contributed by atoms with E-state index in [0.717, 1.165) is 39.0 Å². The van der Waals surface area contributed by atoms with Crippen LogP contribution in [0.4, 0.5) is 0 Å². The number of rotatable bonds is 4. The third-order valence-corrected chi connectivity index (χ3v) is 5.44. The van der Waals surface area contributed by atoms with E-state index in [9.17, 15) is 4.79 Å². The van der Waals surface area contributed by atoms with Gasteiger partial charge in [0.15, 0.2) is 0 Å². The molecule has 2 fully saturated rings. The molecule has 3 rings (SSSR count). The second kappa shape index (κ2) is 10.4. The van der Waals surface area contributed by atoms with Gasteiger partial charge in [0.1, 0.15) is 0 Å². The van der Waals surface area contributed by atoms with Crippen molar-refractivity contribution in [3.05, 3.63) is 35.9 Å². The van der Waals surface area contributed by atoms with Crippen LogP contribution in [0.15, 0.2) is 30.3 Å². The minimum atomic E-state index is 0. The molecule has 6 heteroatoms. The van der Waals surface area contributed by atoms with Crippen molar-refractivity contribution in [3.63, 3.8) is 0 Å². The van der Waals surface area contributed by atoms with Crippen LogP contribution in [0.3, 0.4) is 0 Å². The fourth-order valence-electron chi connectivity index (χ4n) is 4.05. The molecule has 2 N–H and O–H groups in total. The maximum absolute atomic E-state index is 12.6. The zero-order valence-corrected chi connectivity index (χ0v) is 16.6. The fourth-order valence-corrected chi connectivity index (χ4v) is 4.05. The van der Waals surface area contributed by atoms with Crippen molar-refractivity contribution in [3.8, 4) is 0 Å². The minimum Gasteiger partial charge on any atom is -0.337 e. The molecule has 1 aromatic carbocycles. The maximum atomic E-state index is 12.6. The lowest BCUT2D eigenvalue weighted by Gasteiger charge is -2.40. The standard InChI is InChI=1S/C19H29N3O.2ClH/c1-15-13-21(14-16-6-3-2-4-7-16)10-11-22(15)19(23)12-17-8-5-9-18(17)20;;/h2-4,6-7,15,17-18H,5,8-14,20H2,1H3;2*1H/t15-,17+,18-;;/m1../s1. The van der Waals surface area contributed by atoms with Crippen molar-refractivity contribution in [2.24, 2.45) is 11.7 Å². The van der Waals surface area contributed by atoms with Gasteiger partial charge in [0, 0.05) is 44.7 Å². The molecule has 1 heterocycles. The largest absolute Gasteiger partial charge is 0.337 e. The molecule has 25 heavy (non-hydrogen) atoms. The summed E-state index contributed by atoms with van der Waals surface area (Å²) < 4.78 is 0. The molecule has 0 aromatic heterocycles. The summed E-state index contributed by atoms with van der Waals surface area (Å²) in [5.41, 5.74) is 7.46. The molecule has 1 aromatic rings. The van der Waals surface area contributed by atoms with E-state index in [2.05, 4.69) is 47.1 Å². The Bertz CT molecular complexity index is 529. The van der Waals surface area contributed by atoms with Crippen LogP contribution in [0, 0.1) is 5.92 Å². The lowest BCUT2D eigenvalue weighted by Crippen LogP contribution is -2.54. The molecule has 0 unspecified atom stereocenters. The third kappa shape index (κ3) is 5.85. The number of hydrogen-bond donors (Lipinski definition) is 1. The molecule has 0 radical (unpaired) electrons. The van der Waals surface area contributed by atoms with Gasteiger partial charge in [-0.25, -0.2) is 0 Å². The van der Waals surface area contributed by atoms with Gasteiger partial charge >= 0.3 is 0 Å². The molecule has 2 aliphatic rings. The third-order valence-electron chi connectivity index (χ3n) is 5.44. The van der Waals surface area contributed by atoms with Gasteiger partial charge in [-0.15, -0.1) is 24.8 Å². The van der Waals surface area contributed by atoms with Gasteiger partial charge in [0.2, 0.25) is 5.91 Å². The van der Waals surface area contributed by atoms with E-state index in [1.165, 1.54) is 12.0 Å². The molecule has 142 valence electrons. The number of carbonyl (C=O) groups is 1. The average Bonchev–Trinajstić information content (AvgIpc) is 2.93. The van der Waals surface area contributed by atoms with Gasteiger partial charge in [-0.05, 0) is 31.2 Å². The summed E-state index contributed by atoms with van der Waals surface area (Å²) in [5.74, 6) is 0.705. The van der Waals surface area contributed by atoms with E-state index in [1.807, 2.05) is 0 Å². The quantitative estimate of drug-likeness (QED) is 0.863. The van der Waals surface area contributed by atoms with Crippen LogP contribution in [0.1, 0.15) is 38.2 Å². The first-order valence-electron chi connectivity index (χ1n) is 8.95. The van der Waals surface area contributed by atoms with Crippen molar-refractivity contribution in [1.29, 1.82) is 0 Å². The molecule has 1 aliphatic heterocycles. The number of benzene rings is 1. The Morgan fingerprint density at radius 1 is 1.16 bits per heavy atom. The van der Waals surface area contributed by atoms with Crippen molar-refractivity contribution in [1.82, 2.24) is 9.80 Å². The maximum Gasteiger partial charge on any atom is 0.223 e. The molecule has 1 saturated carbocycles. The highest BCUT2D eigenvalue weighted by atomic mass is 35.5. The van der Waals surface area contributed by atoms with E-state index in [-0.39, 0.29) is 36.9 Å². The number of hydrogen-bond acceptors (Lipinski definition) is 3. The van der Waals surface area contributed by atoms with Crippen molar-refractivity contribution < 1.29 is 4.79 Å². The Hall–Kier alpha value is -0.810. The smallest absolute Gasteiger partial charge is 0.223 e. The van der Waals surface area contributed by atoms with Crippen molar-refractivity contribution in [2.75, 3.05) is 19.6 Å². The van der Waals surface area contributed by atoms with Gasteiger partial charge in [-0.1, -0.05) is 36.8 Å². The summed E-state index contributed by atoms with van der Waals surface area (Å²) in [6, 6.07) is 11.1. The van der Waals surface area contributed by atoms with Crippen molar-refractivity contribution in [2.45, 2.75) is 51.2 Å². The predicted molar refractivity (Wildman–Crippen MR) is 107 cm³/mol. The highest BCUT2D eigenvalue weighted by Gasteiger charge is 2.31. The Morgan fingerprint density at radius 3 is 2.48 bits per heavy atom. The number of carbonyl (C=O) groups excluding carboxylic acids is 1. The summed E-state index contributed by atoms with van der Waals surface area (Å²) >= 11 is 0. The first-order valence-corrected chi connectivity index (χ1v) is 8.95. The van der Waals surface area contributed by atoms with Gasteiger partial charge in [0.25, 0.3) is 0 Å². The zero-order chi connectivity index (χ0) is 16.2. The van der Waals surface area contributed by atoms with Crippen LogP contribution in [0.2, 0.25) is 0 Å². The highest BCUT2D eigenvalue weighted by Crippen LogP contribution is 2.28. The summed E-state index contributed by atoms with van der Waals surface area (Å²) in [4.78, 5) is 17.2. The summed E-state index contributed by atoms with van der Waals surface area (Å²) in [7, 11) is 0. The SMILES string of the molecule is C[C@@H]1CN(Cc2ccccc2)CCN1C(=O)C[C@@H]1CCC[C@H]1N.Cl.Cl. The van der Waals surface area contributed by atoms with Crippen LogP contribution in [0.5, 0.6) is 0 Å². The number of halogens is 2. The van der Waals surface area contributed by atoms with Crippen LogP contribution >= 0.6 is 24.8 Å². The van der Waals surface area contributed by atoms with E-state index >= 15 is 0 Å². The second-order valence-corrected chi connectivity index (χ2v) is 7.22. The highest BCUT2D eigenvalue weighted by molar-refractivity contribution is 5.85. The molecular weight excluding hydrogens is 357 g/mol. The summed E-state index contributed by atoms with van der Waals surface area (Å²) in [5, 5.41) is 0. The average molecular weight is 388 g/mol. The number of nitrogens with two attached hydrogens (primary N) is 1. The number of amides is 1. The molecule has 3 atom stereocenters. The van der Waals surface area contributed by atoms with E-state index in [4.69, 9.17) is 5.73 Å². The Morgan fingerprint density at radius 2 is 1.88 bits per heavy atom. The van der Waals surface area contributed by atoms with Crippen LogP contribution < -0.4 is 5.73 Å². The van der Waals surface area contributed by atoms with Gasteiger partial charge in [-0.3, -0.25) is 9.69 Å². The molecule has 1 amide bonds. The van der Waals surface area contributed by atoms with Gasteiger partial charge in [-0.2, -0.15) is 0 Å². The number of piperazine rings is 1. The second-order valence-electron chi connectivity index (χ2n) is 7.22. The molecular formula is C19H31Cl2N3O. The van der Waals surface area contributed by atoms with Gasteiger partial charge in [0.05, 0.1) is 0 Å². The first kappa shape index (κ1) is 22.2. The Balaban J connectivity index is 0.00000156. The van der Waals surface area contributed by atoms with Crippen LogP contribution in [0.25, 0.3) is 0 Å².